The summed E-state index contributed by atoms with van der Waals surface area (Å²) in [6.07, 6.45) is 6.13. The van der Waals surface area contributed by atoms with Gasteiger partial charge in [-0.15, -0.1) is 0 Å². The van der Waals surface area contributed by atoms with Crippen molar-refractivity contribution in [1.29, 1.82) is 0 Å². The van der Waals surface area contributed by atoms with E-state index in [4.69, 9.17) is 4.74 Å². The third-order valence-corrected chi connectivity index (χ3v) is 7.77. The van der Waals surface area contributed by atoms with E-state index in [1.165, 1.54) is 0 Å². The number of benzene rings is 2. The predicted octanol–water partition coefficient (Wildman–Crippen LogP) is 5.24. The number of H-pyrrole nitrogens is 1. The van der Waals surface area contributed by atoms with Gasteiger partial charge in [0.1, 0.15) is 23.7 Å². The van der Waals surface area contributed by atoms with Crippen molar-refractivity contribution in [2.45, 2.75) is 51.7 Å². The average molecular weight is 522 g/mol. The Balaban J connectivity index is 1.07. The average Bonchev–Trinajstić information content (AvgIpc) is 3.35. The molecular weight excluding hydrogens is 490 g/mol. The van der Waals surface area contributed by atoms with E-state index < -0.39 is 0 Å². The summed E-state index contributed by atoms with van der Waals surface area (Å²) in [6, 6.07) is 21.4. The molecule has 0 bridgehead atoms. The molecule has 2 N–H and O–H groups in total. The van der Waals surface area contributed by atoms with Crippen molar-refractivity contribution >= 4 is 22.3 Å². The summed E-state index contributed by atoms with van der Waals surface area (Å²) in [5, 5.41) is 11.8. The van der Waals surface area contributed by atoms with Gasteiger partial charge in [-0.05, 0) is 42.4 Å². The molecule has 0 radical (unpaired) electrons. The maximum absolute atomic E-state index is 13.1. The number of imidazole rings is 1. The summed E-state index contributed by atoms with van der Waals surface area (Å²) in [5.74, 6) is 0.747. The number of hydrogen-bond donors (Lipinski definition) is 2. The van der Waals surface area contributed by atoms with Crippen molar-refractivity contribution in [1.82, 2.24) is 24.9 Å². The van der Waals surface area contributed by atoms with Crippen molar-refractivity contribution in [3.8, 4) is 5.75 Å². The molecule has 0 spiro atoms. The molecule has 8 heteroatoms. The molecule has 3 heterocycles. The van der Waals surface area contributed by atoms with Crippen LogP contribution in [0.5, 0.6) is 5.75 Å². The molecule has 1 amide bonds. The van der Waals surface area contributed by atoms with Crippen LogP contribution < -0.4 is 15.6 Å². The van der Waals surface area contributed by atoms with Crippen molar-refractivity contribution in [3.05, 3.63) is 106 Å². The van der Waals surface area contributed by atoms with Gasteiger partial charge in [-0.1, -0.05) is 62.4 Å². The molecule has 1 aliphatic rings. The fraction of sp³-hybridized carbons (Fsp3) is 0.290. The number of ether oxygens (including phenoxy) is 1. The number of aromatic nitrogens is 4. The summed E-state index contributed by atoms with van der Waals surface area (Å²) in [5.41, 5.74) is 3.09. The van der Waals surface area contributed by atoms with E-state index >= 15 is 0 Å². The lowest BCUT2D eigenvalue weighted by molar-refractivity contribution is 0.0673. The molecule has 0 aliphatic heterocycles. The molecule has 6 rings (SSSR count). The predicted molar refractivity (Wildman–Crippen MR) is 150 cm³/mol. The van der Waals surface area contributed by atoms with Crippen LogP contribution in [0.4, 0.5) is 0 Å². The Morgan fingerprint density at radius 2 is 1.87 bits per heavy atom. The molecule has 39 heavy (non-hydrogen) atoms. The zero-order chi connectivity index (χ0) is 27.0. The second kappa shape index (κ2) is 10.0. The summed E-state index contributed by atoms with van der Waals surface area (Å²) in [6.45, 7) is 4.88. The van der Waals surface area contributed by atoms with Gasteiger partial charge in [0.2, 0.25) is 0 Å². The van der Waals surface area contributed by atoms with Crippen LogP contribution in [0.2, 0.25) is 0 Å². The quantitative estimate of drug-likeness (QED) is 0.291. The minimum absolute atomic E-state index is 0.0841. The van der Waals surface area contributed by atoms with Gasteiger partial charge in [-0.3, -0.25) is 14.0 Å². The van der Waals surface area contributed by atoms with Crippen molar-refractivity contribution in [3.63, 3.8) is 0 Å². The first kappa shape index (κ1) is 24.9. The number of fused-ring (bicyclic) bond motifs is 2. The van der Waals surface area contributed by atoms with Gasteiger partial charge in [0.25, 0.3) is 11.5 Å². The highest BCUT2D eigenvalue weighted by Gasteiger charge is 2.42. The lowest BCUT2D eigenvalue weighted by atomic mass is 9.62. The summed E-state index contributed by atoms with van der Waals surface area (Å²) < 4.78 is 7.69. The molecule has 1 saturated carbocycles. The number of amides is 1. The zero-order valence-corrected chi connectivity index (χ0v) is 22.1. The lowest BCUT2D eigenvalue weighted by Crippen LogP contribution is -2.50. The summed E-state index contributed by atoms with van der Waals surface area (Å²) >= 11 is 0. The first-order valence-electron chi connectivity index (χ1n) is 13.3. The number of nitrogens with one attached hydrogen (secondary N) is 2. The molecule has 0 saturated heterocycles. The van der Waals surface area contributed by atoms with Crippen LogP contribution in [0.25, 0.3) is 16.4 Å². The topological polar surface area (TPSA) is 101 Å². The molecule has 198 valence electrons. The van der Waals surface area contributed by atoms with E-state index in [1.54, 1.807) is 10.6 Å². The fourth-order valence-corrected chi connectivity index (χ4v) is 5.97. The van der Waals surface area contributed by atoms with Crippen LogP contribution in [0.1, 0.15) is 60.8 Å². The Morgan fingerprint density at radius 1 is 1.13 bits per heavy atom. The van der Waals surface area contributed by atoms with E-state index in [0.29, 0.717) is 29.1 Å². The van der Waals surface area contributed by atoms with Gasteiger partial charge in [0, 0.05) is 29.6 Å². The Kier molecular flexibility index (Phi) is 6.38. The van der Waals surface area contributed by atoms with Crippen LogP contribution in [0, 0.1) is 5.41 Å². The first-order valence-corrected chi connectivity index (χ1v) is 13.3. The third kappa shape index (κ3) is 5.02. The van der Waals surface area contributed by atoms with Gasteiger partial charge < -0.3 is 10.1 Å². The van der Waals surface area contributed by atoms with Crippen molar-refractivity contribution < 1.29 is 9.53 Å². The van der Waals surface area contributed by atoms with Gasteiger partial charge in [-0.25, -0.2) is 10.1 Å². The number of rotatable bonds is 8. The second-order valence-corrected chi connectivity index (χ2v) is 11.0. The maximum Gasteiger partial charge on any atom is 0.272 e. The highest BCUT2D eigenvalue weighted by molar-refractivity contribution is 5.93. The minimum Gasteiger partial charge on any atom is -0.489 e. The van der Waals surface area contributed by atoms with Crippen LogP contribution in [0.15, 0.2) is 83.9 Å². The highest BCUT2D eigenvalue weighted by atomic mass is 16.5. The molecule has 5 aromatic rings. The van der Waals surface area contributed by atoms with Gasteiger partial charge >= 0.3 is 0 Å². The van der Waals surface area contributed by atoms with Gasteiger partial charge in [0.05, 0.1) is 17.3 Å². The number of carbonyl (C=O) groups is 1. The fourth-order valence-electron chi connectivity index (χ4n) is 5.97. The SMILES string of the molecule is C[C@@H](CC1(C)CC(NC(=O)c2cnc3cc(OCc4ccccc4)ccn23)C1)c1n[nH]c(=O)c2ccccc12. The Bertz CT molecular complexity index is 1700. The number of nitrogens with zero attached hydrogens (tertiary/aromatic N) is 3. The Labute approximate surface area is 226 Å². The molecule has 8 nitrogen and oxygen atoms in total. The Morgan fingerprint density at radius 3 is 2.67 bits per heavy atom. The normalized spacial score (nSPS) is 19.5. The van der Waals surface area contributed by atoms with Crippen molar-refractivity contribution in [2.24, 2.45) is 5.41 Å². The molecule has 1 aliphatic carbocycles. The lowest BCUT2D eigenvalue weighted by Gasteiger charge is -2.47. The van der Waals surface area contributed by atoms with Gasteiger partial charge in [-0.2, -0.15) is 5.10 Å². The maximum atomic E-state index is 13.1. The molecule has 2 aromatic carbocycles. The number of carbonyl (C=O) groups excluding carboxylic acids is 1. The number of hydrogen-bond acceptors (Lipinski definition) is 5. The summed E-state index contributed by atoms with van der Waals surface area (Å²) in [4.78, 5) is 29.7. The highest BCUT2D eigenvalue weighted by Crippen LogP contribution is 2.47. The van der Waals surface area contributed by atoms with Crippen LogP contribution in [-0.4, -0.2) is 31.5 Å². The first-order chi connectivity index (χ1) is 18.9. The number of aromatic amines is 1. The van der Waals surface area contributed by atoms with Crippen LogP contribution in [-0.2, 0) is 6.61 Å². The van der Waals surface area contributed by atoms with Gasteiger partial charge in [0.15, 0.2) is 0 Å². The van der Waals surface area contributed by atoms with E-state index in [2.05, 4.69) is 34.3 Å². The molecule has 3 aromatic heterocycles. The standard InChI is InChI=1S/C31H31N5O3/c1-20(28-24-10-6-7-11-25(24)29(37)35-34-28)15-31(2)16-22(17-31)33-30(38)26-18-32-27-14-23(12-13-36(26)27)39-19-21-8-4-3-5-9-21/h3-14,18,20,22H,15-17,19H2,1-2H3,(H,33,38)(H,35,37)/t20-,22?,31?/m0/s1. The second-order valence-electron chi connectivity index (χ2n) is 11.0. The molecule has 1 atom stereocenters. The minimum atomic E-state index is -0.164. The van der Waals surface area contributed by atoms with E-state index in [9.17, 15) is 9.59 Å². The van der Waals surface area contributed by atoms with E-state index in [0.717, 1.165) is 35.9 Å². The Hall–Kier alpha value is -4.46. The molecular formula is C31H31N5O3. The van der Waals surface area contributed by atoms with Crippen molar-refractivity contribution in [2.75, 3.05) is 0 Å². The monoisotopic (exact) mass is 521 g/mol. The molecule has 0 unspecified atom stereocenters. The van der Waals surface area contributed by atoms with Crippen LogP contribution >= 0.6 is 0 Å². The smallest absolute Gasteiger partial charge is 0.272 e. The molecule has 1 fully saturated rings. The third-order valence-electron chi connectivity index (χ3n) is 7.77. The number of pyridine rings is 1. The summed E-state index contributed by atoms with van der Waals surface area (Å²) in [7, 11) is 0. The van der Waals surface area contributed by atoms with E-state index in [-0.39, 0.29) is 28.8 Å². The van der Waals surface area contributed by atoms with Crippen LogP contribution in [0.3, 0.4) is 0 Å². The zero-order valence-electron chi connectivity index (χ0n) is 22.1. The van der Waals surface area contributed by atoms with E-state index in [1.807, 2.05) is 72.9 Å². The largest absolute Gasteiger partial charge is 0.489 e.